The van der Waals surface area contributed by atoms with E-state index < -0.39 is 30.7 Å². The van der Waals surface area contributed by atoms with Gasteiger partial charge in [-0.25, -0.2) is 0 Å². The average molecular weight is 365 g/mol. The topological polar surface area (TPSA) is 29.5 Å². The lowest BCUT2D eigenvalue weighted by atomic mass is 9.96. The van der Waals surface area contributed by atoms with Gasteiger partial charge in [0, 0.05) is 18.2 Å². The van der Waals surface area contributed by atoms with Gasteiger partial charge < -0.3 is 9.64 Å². The molecule has 1 aromatic carbocycles. The quantitative estimate of drug-likeness (QED) is 0.538. The van der Waals surface area contributed by atoms with Crippen LogP contribution in [0.3, 0.4) is 0 Å². The van der Waals surface area contributed by atoms with Crippen LogP contribution in [0, 0.1) is 5.41 Å². The van der Waals surface area contributed by atoms with Gasteiger partial charge in [0.05, 0.1) is 0 Å². The molecule has 1 aromatic rings. The maximum Gasteiger partial charge on any atom is 0.406 e. The molecule has 140 valence electrons. The molecule has 0 unspecified atom stereocenters. The van der Waals surface area contributed by atoms with E-state index in [1.807, 2.05) is 0 Å². The number of carbonyl (C=O) groups is 1. The highest BCUT2D eigenvalue weighted by Crippen LogP contribution is 2.24. The van der Waals surface area contributed by atoms with E-state index in [9.17, 15) is 26.7 Å². The van der Waals surface area contributed by atoms with Gasteiger partial charge in [-0.15, -0.1) is 0 Å². The predicted molar refractivity (Wildman–Crippen MR) is 84.2 cm³/mol. The summed E-state index contributed by atoms with van der Waals surface area (Å²) in [5.74, 6) is -1.03. The Balaban J connectivity index is 2.97. The molecule has 0 atom stereocenters. The van der Waals surface area contributed by atoms with Gasteiger partial charge >= 0.3 is 12.8 Å². The normalized spacial score (nSPS) is 12.7. The van der Waals surface area contributed by atoms with Crippen LogP contribution >= 0.6 is 0 Å². The van der Waals surface area contributed by atoms with E-state index in [2.05, 4.69) is 4.74 Å². The number of amides is 1. The van der Waals surface area contributed by atoms with Crippen LogP contribution in [-0.2, 0) is 4.79 Å². The van der Waals surface area contributed by atoms with Crippen molar-refractivity contribution in [3.63, 3.8) is 0 Å². The lowest BCUT2D eigenvalue weighted by Gasteiger charge is -2.29. The van der Waals surface area contributed by atoms with E-state index in [1.165, 1.54) is 24.3 Å². The van der Waals surface area contributed by atoms with Crippen LogP contribution in [0.4, 0.5) is 22.0 Å². The number of carbonyl (C=O) groups excluding carboxylic acids is 1. The minimum Gasteiger partial charge on any atom is -0.434 e. The molecule has 0 aliphatic carbocycles. The SMILES string of the molecule is CC(C)(C)CN(CC(F)(F)F)C(=O)/C=C/c1ccccc1OC(F)F. The molecule has 0 aromatic heterocycles. The molecule has 25 heavy (non-hydrogen) atoms. The molecule has 0 aliphatic heterocycles. The molecule has 0 saturated carbocycles. The average Bonchev–Trinajstić information content (AvgIpc) is 2.41. The summed E-state index contributed by atoms with van der Waals surface area (Å²) in [6.45, 7) is 0.582. The first-order valence-electron chi connectivity index (χ1n) is 7.45. The molecule has 0 fully saturated rings. The molecule has 0 bridgehead atoms. The first-order chi connectivity index (χ1) is 11.4. The minimum atomic E-state index is -4.54. The molecule has 1 amide bonds. The number of nitrogens with zero attached hydrogens (tertiary/aromatic N) is 1. The molecule has 0 radical (unpaired) electrons. The first kappa shape index (κ1) is 20.9. The zero-order valence-electron chi connectivity index (χ0n) is 14.1. The Morgan fingerprint density at radius 1 is 1.16 bits per heavy atom. The van der Waals surface area contributed by atoms with Crippen molar-refractivity contribution in [2.45, 2.75) is 33.6 Å². The largest absolute Gasteiger partial charge is 0.434 e. The second-order valence-electron chi connectivity index (χ2n) is 6.62. The van der Waals surface area contributed by atoms with Gasteiger partial charge in [0.1, 0.15) is 12.3 Å². The Hall–Kier alpha value is -2.12. The van der Waals surface area contributed by atoms with Crippen molar-refractivity contribution in [3.8, 4) is 5.75 Å². The lowest BCUT2D eigenvalue weighted by Crippen LogP contribution is -2.42. The van der Waals surface area contributed by atoms with Gasteiger partial charge in [-0.05, 0) is 17.6 Å². The van der Waals surface area contributed by atoms with Gasteiger partial charge in [0.15, 0.2) is 0 Å². The molecular formula is C17H20F5NO2. The van der Waals surface area contributed by atoms with Crippen LogP contribution in [0.15, 0.2) is 30.3 Å². The molecular weight excluding hydrogens is 345 g/mol. The summed E-state index contributed by atoms with van der Waals surface area (Å²) >= 11 is 0. The highest BCUT2D eigenvalue weighted by molar-refractivity contribution is 5.92. The number of halogens is 5. The van der Waals surface area contributed by atoms with Crippen LogP contribution in [0.25, 0.3) is 6.08 Å². The molecule has 0 saturated heterocycles. The highest BCUT2D eigenvalue weighted by Gasteiger charge is 2.34. The third-order valence-corrected chi connectivity index (χ3v) is 2.89. The fraction of sp³-hybridized carbons (Fsp3) is 0.471. The Morgan fingerprint density at radius 3 is 2.28 bits per heavy atom. The van der Waals surface area contributed by atoms with E-state index in [0.717, 1.165) is 12.2 Å². The number of hydrogen-bond donors (Lipinski definition) is 0. The predicted octanol–water partition coefficient (Wildman–Crippen LogP) is 4.74. The Bertz CT molecular complexity index is 590. The van der Waals surface area contributed by atoms with Crippen molar-refractivity contribution in [2.75, 3.05) is 13.1 Å². The maximum atomic E-state index is 12.7. The maximum absolute atomic E-state index is 12.7. The number of alkyl halides is 5. The molecule has 8 heteroatoms. The molecule has 1 rings (SSSR count). The van der Waals surface area contributed by atoms with Crippen molar-refractivity contribution < 1.29 is 31.5 Å². The van der Waals surface area contributed by atoms with Crippen LogP contribution in [0.5, 0.6) is 5.75 Å². The lowest BCUT2D eigenvalue weighted by molar-refractivity contribution is -0.160. The zero-order valence-corrected chi connectivity index (χ0v) is 14.1. The molecule has 0 aliphatic rings. The number of hydrogen-bond acceptors (Lipinski definition) is 2. The second kappa shape index (κ2) is 8.31. The van der Waals surface area contributed by atoms with Crippen molar-refractivity contribution in [1.29, 1.82) is 0 Å². The summed E-state index contributed by atoms with van der Waals surface area (Å²) in [5.41, 5.74) is -0.371. The number of rotatable bonds is 6. The van der Waals surface area contributed by atoms with Crippen LogP contribution in [-0.4, -0.2) is 36.7 Å². The van der Waals surface area contributed by atoms with Gasteiger partial charge in [-0.2, -0.15) is 22.0 Å². The Morgan fingerprint density at radius 2 is 1.76 bits per heavy atom. The molecule has 3 nitrogen and oxygen atoms in total. The molecule has 0 spiro atoms. The summed E-state index contributed by atoms with van der Waals surface area (Å²) in [4.78, 5) is 12.8. The summed E-state index contributed by atoms with van der Waals surface area (Å²) in [7, 11) is 0. The van der Waals surface area contributed by atoms with Crippen LogP contribution in [0.1, 0.15) is 26.3 Å². The highest BCUT2D eigenvalue weighted by atomic mass is 19.4. The third kappa shape index (κ3) is 8.51. The van der Waals surface area contributed by atoms with E-state index in [-0.39, 0.29) is 17.9 Å². The van der Waals surface area contributed by atoms with Crippen LogP contribution in [0.2, 0.25) is 0 Å². The van der Waals surface area contributed by atoms with Crippen molar-refractivity contribution >= 4 is 12.0 Å². The van der Waals surface area contributed by atoms with Gasteiger partial charge in [0.2, 0.25) is 5.91 Å². The van der Waals surface area contributed by atoms with E-state index in [0.29, 0.717) is 4.90 Å². The number of benzene rings is 1. The van der Waals surface area contributed by atoms with Gasteiger partial charge in [0.25, 0.3) is 0 Å². The Labute approximate surface area is 143 Å². The summed E-state index contributed by atoms with van der Waals surface area (Å²) in [6.07, 6.45) is -2.46. The van der Waals surface area contributed by atoms with E-state index in [4.69, 9.17) is 0 Å². The fourth-order valence-electron chi connectivity index (χ4n) is 2.09. The number of para-hydroxylation sites is 1. The van der Waals surface area contributed by atoms with Crippen molar-refractivity contribution in [1.82, 2.24) is 4.90 Å². The van der Waals surface area contributed by atoms with Gasteiger partial charge in [-0.1, -0.05) is 39.0 Å². The summed E-state index contributed by atoms with van der Waals surface area (Å²) < 4.78 is 67.1. The monoisotopic (exact) mass is 365 g/mol. The minimum absolute atomic E-state index is 0.106. The van der Waals surface area contributed by atoms with Crippen molar-refractivity contribution in [3.05, 3.63) is 35.9 Å². The molecule has 0 N–H and O–H groups in total. The smallest absolute Gasteiger partial charge is 0.406 e. The van der Waals surface area contributed by atoms with E-state index in [1.54, 1.807) is 20.8 Å². The third-order valence-electron chi connectivity index (χ3n) is 2.89. The fourth-order valence-corrected chi connectivity index (χ4v) is 2.09. The summed E-state index contributed by atoms with van der Waals surface area (Å²) in [5, 5.41) is 0. The summed E-state index contributed by atoms with van der Waals surface area (Å²) in [6, 6.07) is 5.69. The van der Waals surface area contributed by atoms with Crippen LogP contribution < -0.4 is 4.74 Å². The zero-order chi connectivity index (χ0) is 19.3. The second-order valence-corrected chi connectivity index (χ2v) is 6.62. The first-order valence-corrected chi connectivity index (χ1v) is 7.45. The van der Waals surface area contributed by atoms with Crippen molar-refractivity contribution in [2.24, 2.45) is 5.41 Å². The Kier molecular flexibility index (Phi) is 6.96. The van der Waals surface area contributed by atoms with Gasteiger partial charge in [-0.3, -0.25) is 4.79 Å². The standard InChI is InChI=1S/C17H20F5NO2/c1-16(2,3)10-23(11-17(20,21)22)14(24)9-8-12-6-4-5-7-13(12)25-15(18)19/h4-9,15H,10-11H2,1-3H3/b9-8+. The molecule has 0 heterocycles. The van der Waals surface area contributed by atoms with E-state index >= 15 is 0 Å². The number of ether oxygens (including phenoxy) is 1.